The maximum absolute atomic E-state index is 11.3. The van der Waals surface area contributed by atoms with Crippen LogP contribution in [0.1, 0.15) is 12.0 Å². The van der Waals surface area contributed by atoms with Gasteiger partial charge in [-0.25, -0.2) is 0 Å². The number of carboxylic acid groups (broad SMARTS) is 1. The predicted octanol–water partition coefficient (Wildman–Crippen LogP) is 1.90. The third-order valence-corrected chi connectivity index (χ3v) is 3.74. The molecule has 1 saturated heterocycles. The molecule has 1 fully saturated rings. The van der Waals surface area contributed by atoms with Gasteiger partial charge in [0.2, 0.25) is 0 Å². The first-order valence-electron chi connectivity index (χ1n) is 5.96. The molecule has 1 aliphatic carbocycles. The maximum atomic E-state index is 11.3. The smallest absolute Gasteiger partial charge is 0.321 e. The van der Waals surface area contributed by atoms with E-state index in [0.29, 0.717) is 6.04 Å². The van der Waals surface area contributed by atoms with Crippen molar-refractivity contribution in [2.24, 2.45) is 5.92 Å². The van der Waals surface area contributed by atoms with Crippen molar-refractivity contribution in [1.82, 2.24) is 4.90 Å². The van der Waals surface area contributed by atoms with E-state index >= 15 is 0 Å². The van der Waals surface area contributed by atoms with Crippen LogP contribution in [-0.2, 0) is 11.3 Å². The molecule has 1 N–H and O–H groups in total. The fraction of sp³-hybridized carbons (Fsp3) is 0.357. The van der Waals surface area contributed by atoms with E-state index in [1.807, 2.05) is 18.2 Å². The average molecular weight is 229 g/mol. The lowest BCUT2D eigenvalue weighted by atomic mass is 10.0. The molecule has 0 amide bonds. The molecule has 0 radical (unpaired) electrons. The van der Waals surface area contributed by atoms with Crippen LogP contribution in [0.15, 0.2) is 42.5 Å². The summed E-state index contributed by atoms with van der Waals surface area (Å²) in [6.45, 7) is 0.726. The van der Waals surface area contributed by atoms with Gasteiger partial charge >= 0.3 is 5.97 Å². The Bertz CT molecular complexity index is 455. The largest absolute Gasteiger partial charge is 0.480 e. The monoisotopic (exact) mass is 229 g/mol. The lowest BCUT2D eigenvalue weighted by molar-refractivity contribution is -0.143. The lowest BCUT2D eigenvalue weighted by Crippen LogP contribution is -2.43. The van der Waals surface area contributed by atoms with Gasteiger partial charge in [0.25, 0.3) is 0 Å². The van der Waals surface area contributed by atoms with Crippen LogP contribution in [0.5, 0.6) is 0 Å². The van der Waals surface area contributed by atoms with Crippen molar-refractivity contribution < 1.29 is 9.90 Å². The number of fused-ring (bicyclic) bond motifs is 2. The lowest BCUT2D eigenvalue weighted by Gasteiger charge is -2.29. The van der Waals surface area contributed by atoms with E-state index in [-0.39, 0.29) is 12.0 Å². The molecule has 88 valence electrons. The molecule has 1 aliphatic heterocycles. The van der Waals surface area contributed by atoms with Crippen molar-refractivity contribution in [1.29, 1.82) is 0 Å². The topological polar surface area (TPSA) is 40.5 Å². The molecule has 0 spiro atoms. The number of rotatable bonds is 3. The number of nitrogens with zero attached hydrogens (tertiary/aromatic N) is 1. The van der Waals surface area contributed by atoms with Gasteiger partial charge in [0.1, 0.15) is 6.04 Å². The second-order valence-electron chi connectivity index (χ2n) is 4.79. The highest BCUT2D eigenvalue weighted by Crippen LogP contribution is 2.38. The third-order valence-electron chi connectivity index (χ3n) is 3.74. The normalized spacial score (nSPS) is 30.9. The quantitative estimate of drug-likeness (QED) is 0.805. The van der Waals surface area contributed by atoms with Gasteiger partial charge in [0.15, 0.2) is 0 Å². The highest BCUT2D eigenvalue weighted by atomic mass is 16.4. The number of benzene rings is 1. The number of aliphatic carboxylic acids is 1. The van der Waals surface area contributed by atoms with Crippen molar-refractivity contribution in [3.05, 3.63) is 48.0 Å². The zero-order valence-corrected chi connectivity index (χ0v) is 9.49. The maximum Gasteiger partial charge on any atom is 0.321 e. The Morgan fingerprint density at radius 2 is 2.06 bits per heavy atom. The summed E-state index contributed by atoms with van der Waals surface area (Å²) in [6.07, 6.45) is 5.17. The van der Waals surface area contributed by atoms with Gasteiger partial charge in [-0.05, 0) is 12.0 Å². The van der Waals surface area contributed by atoms with Gasteiger partial charge in [0, 0.05) is 18.5 Å². The van der Waals surface area contributed by atoms with E-state index in [1.165, 1.54) is 5.56 Å². The molecule has 3 nitrogen and oxygen atoms in total. The Morgan fingerprint density at radius 3 is 2.76 bits per heavy atom. The zero-order valence-electron chi connectivity index (χ0n) is 9.49. The Labute approximate surface area is 100 Å². The minimum absolute atomic E-state index is 0.196. The minimum atomic E-state index is -0.696. The molecule has 1 heterocycles. The molecule has 3 unspecified atom stereocenters. The number of likely N-dealkylation sites (tertiary alicyclic amines) is 1. The molecule has 3 rings (SSSR count). The first-order chi connectivity index (χ1) is 8.25. The first kappa shape index (κ1) is 10.5. The van der Waals surface area contributed by atoms with Crippen LogP contribution in [0.25, 0.3) is 0 Å². The van der Waals surface area contributed by atoms with Gasteiger partial charge in [-0.2, -0.15) is 0 Å². The Balaban J connectivity index is 1.83. The molecule has 17 heavy (non-hydrogen) atoms. The van der Waals surface area contributed by atoms with Gasteiger partial charge in [0.05, 0.1) is 0 Å². The molecule has 3 atom stereocenters. The summed E-state index contributed by atoms with van der Waals surface area (Å²) < 4.78 is 0. The Hall–Kier alpha value is -1.61. The SMILES string of the molecule is O=C(O)C1C2C=CC(C2)N1Cc1ccccc1. The molecule has 2 aliphatic rings. The molecule has 0 aromatic heterocycles. The molecular formula is C14H15NO2. The van der Waals surface area contributed by atoms with Crippen molar-refractivity contribution >= 4 is 5.97 Å². The van der Waals surface area contributed by atoms with Crippen molar-refractivity contribution in [2.45, 2.75) is 25.0 Å². The van der Waals surface area contributed by atoms with E-state index in [2.05, 4.69) is 29.2 Å². The Morgan fingerprint density at radius 1 is 1.29 bits per heavy atom. The number of hydrogen-bond acceptors (Lipinski definition) is 2. The molecule has 0 saturated carbocycles. The molecule has 3 heteroatoms. The standard InChI is InChI=1S/C14H15NO2/c16-14(17)13-11-6-7-12(8-11)15(13)9-10-4-2-1-3-5-10/h1-7,11-13H,8-9H2,(H,16,17). The van der Waals surface area contributed by atoms with Crippen LogP contribution in [0.2, 0.25) is 0 Å². The summed E-state index contributed by atoms with van der Waals surface area (Å²) >= 11 is 0. The summed E-state index contributed by atoms with van der Waals surface area (Å²) in [5.74, 6) is -0.501. The van der Waals surface area contributed by atoms with E-state index < -0.39 is 5.97 Å². The van der Waals surface area contributed by atoms with Crippen LogP contribution in [0, 0.1) is 5.92 Å². The molecule has 2 bridgehead atoms. The second kappa shape index (κ2) is 4.00. The van der Waals surface area contributed by atoms with Crippen LogP contribution >= 0.6 is 0 Å². The van der Waals surface area contributed by atoms with Gasteiger partial charge in [-0.3, -0.25) is 9.69 Å². The average Bonchev–Trinajstić information content (AvgIpc) is 2.90. The predicted molar refractivity (Wildman–Crippen MR) is 64.4 cm³/mol. The summed E-state index contributed by atoms with van der Waals surface area (Å²) in [5.41, 5.74) is 1.18. The van der Waals surface area contributed by atoms with Crippen molar-refractivity contribution in [2.75, 3.05) is 0 Å². The van der Waals surface area contributed by atoms with E-state index in [4.69, 9.17) is 0 Å². The summed E-state index contributed by atoms with van der Waals surface area (Å²) in [6, 6.07) is 10.0. The van der Waals surface area contributed by atoms with Crippen LogP contribution in [-0.4, -0.2) is 28.1 Å². The van der Waals surface area contributed by atoms with Crippen molar-refractivity contribution in [3.63, 3.8) is 0 Å². The first-order valence-corrected chi connectivity index (χ1v) is 5.96. The number of hydrogen-bond donors (Lipinski definition) is 1. The Kier molecular flexibility index (Phi) is 2.48. The number of carboxylic acids is 1. The minimum Gasteiger partial charge on any atom is -0.480 e. The highest BCUT2D eigenvalue weighted by molar-refractivity contribution is 5.75. The highest BCUT2D eigenvalue weighted by Gasteiger charge is 2.46. The van der Waals surface area contributed by atoms with E-state index in [0.717, 1.165) is 13.0 Å². The van der Waals surface area contributed by atoms with Crippen LogP contribution in [0.3, 0.4) is 0 Å². The van der Waals surface area contributed by atoms with E-state index in [9.17, 15) is 9.90 Å². The second-order valence-corrected chi connectivity index (χ2v) is 4.79. The van der Waals surface area contributed by atoms with E-state index in [1.54, 1.807) is 0 Å². The van der Waals surface area contributed by atoms with Crippen molar-refractivity contribution in [3.8, 4) is 0 Å². The molecule has 1 aromatic rings. The molecule has 1 aromatic carbocycles. The summed E-state index contributed by atoms with van der Waals surface area (Å²) in [4.78, 5) is 13.4. The third kappa shape index (κ3) is 1.76. The summed E-state index contributed by atoms with van der Waals surface area (Å²) in [5, 5.41) is 9.31. The number of carbonyl (C=O) groups is 1. The van der Waals surface area contributed by atoms with Crippen LogP contribution < -0.4 is 0 Å². The fourth-order valence-electron chi connectivity index (χ4n) is 2.97. The van der Waals surface area contributed by atoms with Crippen LogP contribution in [0.4, 0.5) is 0 Å². The van der Waals surface area contributed by atoms with Gasteiger partial charge < -0.3 is 5.11 Å². The zero-order chi connectivity index (χ0) is 11.8. The summed E-state index contributed by atoms with van der Waals surface area (Å²) in [7, 11) is 0. The van der Waals surface area contributed by atoms with Gasteiger partial charge in [-0.15, -0.1) is 0 Å². The van der Waals surface area contributed by atoms with Gasteiger partial charge in [-0.1, -0.05) is 42.5 Å². The fourth-order valence-corrected chi connectivity index (χ4v) is 2.97. The molecular weight excluding hydrogens is 214 g/mol.